The smallest absolute Gasteiger partial charge is 0.321 e. The van der Waals surface area contributed by atoms with E-state index in [0.717, 1.165) is 6.42 Å². The molecular formula is C13H16Cl2N2O2. The molecule has 0 spiro atoms. The highest BCUT2D eigenvalue weighted by molar-refractivity contribution is 6.42. The predicted octanol–water partition coefficient (Wildman–Crippen LogP) is 3.37. The minimum atomic E-state index is -0.812. The molecule has 0 bridgehead atoms. The lowest BCUT2D eigenvalue weighted by molar-refractivity contribution is -0.000634. The molecule has 1 aromatic rings. The Bertz CT molecular complexity index is 492. The van der Waals surface area contributed by atoms with Crippen LogP contribution in [0.25, 0.3) is 0 Å². The van der Waals surface area contributed by atoms with Crippen LogP contribution in [0.2, 0.25) is 10.0 Å². The Morgan fingerprint density at radius 3 is 2.79 bits per heavy atom. The van der Waals surface area contributed by atoms with Gasteiger partial charge in [-0.3, -0.25) is 0 Å². The van der Waals surface area contributed by atoms with Crippen molar-refractivity contribution in [1.29, 1.82) is 0 Å². The number of anilines is 1. The zero-order valence-corrected chi connectivity index (χ0v) is 12.1. The van der Waals surface area contributed by atoms with Gasteiger partial charge in [0.25, 0.3) is 0 Å². The summed E-state index contributed by atoms with van der Waals surface area (Å²) in [5.74, 6) is 0. The van der Waals surface area contributed by atoms with E-state index >= 15 is 0 Å². The van der Waals surface area contributed by atoms with Crippen molar-refractivity contribution in [2.75, 3.05) is 18.4 Å². The second-order valence-corrected chi connectivity index (χ2v) is 5.90. The maximum Gasteiger partial charge on any atom is 0.321 e. The average Bonchev–Trinajstić information content (AvgIpc) is 2.32. The Morgan fingerprint density at radius 2 is 2.16 bits per heavy atom. The molecule has 19 heavy (non-hydrogen) atoms. The van der Waals surface area contributed by atoms with Crippen molar-refractivity contribution in [3.05, 3.63) is 28.2 Å². The van der Waals surface area contributed by atoms with Crippen molar-refractivity contribution in [3.8, 4) is 0 Å². The summed E-state index contributed by atoms with van der Waals surface area (Å²) >= 11 is 11.7. The van der Waals surface area contributed by atoms with Crippen LogP contribution in [0.15, 0.2) is 18.2 Å². The standard InChI is InChI=1S/C13H16Cl2N2O2/c1-13(19)5-2-6-17(8-13)12(18)16-9-3-4-10(14)11(15)7-9/h3-4,7,19H,2,5-6,8H2,1H3,(H,16,18). The molecule has 2 N–H and O–H groups in total. The van der Waals surface area contributed by atoms with Crippen molar-refractivity contribution in [1.82, 2.24) is 4.90 Å². The molecule has 1 fully saturated rings. The molecule has 0 aliphatic carbocycles. The SMILES string of the molecule is CC1(O)CCCN(C(=O)Nc2ccc(Cl)c(Cl)c2)C1. The van der Waals surface area contributed by atoms with Gasteiger partial charge in [-0.25, -0.2) is 4.79 Å². The number of halogens is 2. The van der Waals surface area contributed by atoms with E-state index in [4.69, 9.17) is 23.2 Å². The number of hydrogen-bond acceptors (Lipinski definition) is 2. The van der Waals surface area contributed by atoms with Crippen LogP contribution in [0, 0.1) is 0 Å². The van der Waals surface area contributed by atoms with Gasteiger partial charge in [-0.1, -0.05) is 23.2 Å². The Morgan fingerprint density at radius 1 is 1.42 bits per heavy atom. The quantitative estimate of drug-likeness (QED) is 0.835. The number of nitrogens with zero attached hydrogens (tertiary/aromatic N) is 1. The van der Waals surface area contributed by atoms with E-state index in [1.165, 1.54) is 0 Å². The van der Waals surface area contributed by atoms with Crippen molar-refractivity contribution in [2.24, 2.45) is 0 Å². The molecule has 6 heteroatoms. The molecule has 104 valence electrons. The topological polar surface area (TPSA) is 52.6 Å². The summed E-state index contributed by atoms with van der Waals surface area (Å²) in [6.45, 7) is 2.72. The maximum atomic E-state index is 12.1. The molecule has 1 unspecified atom stereocenters. The zero-order chi connectivity index (χ0) is 14.0. The van der Waals surface area contributed by atoms with Gasteiger partial charge >= 0.3 is 6.03 Å². The van der Waals surface area contributed by atoms with Gasteiger partial charge < -0.3 is 15.3 Å². The molecule has 1 aliphatic heterocycles. The van der Waals surface area contributed by atoms with Crippen molar-refractivity contribution in [3.63, 3.8) is 0 Å². The first-order valence-corrected chi connectivity index (χ1v) is 6.86. The molecule has 0 radical (unpaired) electrons. The Kier molecular flexibility index (Phi) is 4.23. The van der Waals surface area contributed by atoms with Crippen LogP contribution in [0.4, 0.5) is 10.5 Å². The maximum absolute atomic E-state index is 12.1. The Labute approximate surface area is 122 Å². The van der Waals surface area contributed by atoms with E-state index in [2.05, 4.69) is 5.32 Å². The average molecular weight is 303 g/mol. The highest BCUT2D eigenvalue weighted by Gasteiger charge is 2.30. The van der Waals surface area contributed by atoms with Crippen molar-refractivity contribution in [2.45, 2.75) is 25.4 Å². The monoisotopic (exact) mass is 302 g/mol. The summed E-state index contributed by atoms with van der Waals surface area (Å²) in [6.07, 6.45) is 1.51. The third-order valence-corrected chi connectivity index (χ3v) is 3.87. The van der Waals surface area contributed by atoms with Gasteiger partial charge in [-0.2, -0.15) is 0 Å². The van der Waals surface area contributed by atoms with Gasteiger partial charge in [0.2, 0.25) is 0 Å². The molecular weight excluding hydrogens is 287 g/mol. The molecule has 1 saturated heterocycles. The van der Waals surface area contributed by atoms with E-state index < -0.39 is 5.60 Å². The number of benzene rings is 1. The van der Waals surface area contributed by atoms with E-state index in [9.17, 15) is 9.90 Å². The molecule has 4 nitrogen and oxygen atoms in total. The summed E-state index contributed by atoms with van der Waals surface area (Å²) in [5, 5.41) is 13.6. The van der Waals surface area contributed by atoms with Gasteiger partial charge in [0, 0.05) is 12.2 Å². The Hall–Kier alpha value is -0.970. The Balaban J connectivity index is 2.02. The summed E-state index contributed by atoms with van der Waals surface area (Å²) in [5.41, 5.74) is -0.225. The van der Waals surface area contributed by atoms with Crippen LogP contribution in [0.3, 0.4) is 0 Å². The number of hydrogen-bond donors (Lipinski definition) is 2. The summed E-state index contributed by atoms with van der Waals surface area (Å²) in [4.78, 5) is 13.7. The lowest BCUT2D eigenvalue weighted by atomic mass is 9.95. The van der Waals surface area contributed by atoms with E-state index in [1.54, 1.807) is 30.0 Å². The van der Waals surface area contributed by atoms with E-state index in [-0.39, 0.29) is 6.03 Å². The predicted molar refractivity (Wildman–Crippen MR) is 76.9 cm³/mol. The third-order valence-electron chi connectivity index (χ3n) is 3.13. The fourth-order valence-corrected chi connectivity index (χ4v) is 2.47. The minimum Gasteiger partial charge on any atom is -0.388 e. The van der Waals surface area contributed by atoms with Gasteiger partial charge in [0.1, 0.15) is 0 Å². The van der Waals surface area contributed by atoms with Gasteiger partial charge in [-0.15, -0.1) is 0 Å². The van der Waals surface area contributed by atoms with Crippen LogP contribution in [0.5, 0.6) is 0 Å². The van der Waals surface area contributed by atoms with Crippen LogP contribution >= 0.6 is 23.2 Å². The zero-order valence-electron chi connectivity index (χ0n) is 10.6. The van der Waals surface area contributed by atoms with Crippen molar-refractivity contribution < 1.29 is 9.90 Å². The molecule has 0 aromatic heterocycles. The highest BCUT2D eigenvalue weighted by atomic mass is 35.5. The van der Waals surface area contributed by atoms with Crippen LogP contribution < -0.4 is 5.32 Å². The number of piperidine rings is 1. The van der Waals surface area contributed by atoms with E-state index in [0.29, 0.717) is 35.2 Å². The molecule has 1 heterocycles. The molecule has 2 amide bonds. The molecule has 1 atom stereocenters. The number of β-amino-alcohol motifs (C(OH)–C–C–N with tert-alkyl or cyclic N) is 1. The summed E-state index contributed by atoms with van der Waals surface area (Å²) in [6, 6.07) is 4.68. The molecule has 1 aromatic carbocycles. The number of aliphatic hydroxyl groups is 1. The number of urea groups is 1. The minimum absolute atomic E-state index is 0.238. The molecule has 0 saturated carbocycles. The highest BCUT2D eigenvalue weighted by Crippen LogP contribution is 2.26. The first kappa shape index (κ1) is 14.4. The van der Waals surface area contributed by atoms with Crippen molar-refractivity contribution >= 4 is 34.9 Å². The summed E-state index contributed by atoms with van der Waals surface area (Å²) in [7, 11) is 0. The number of nitrogens with one attached hydrogen (secondary N) is 1. The number of carbonyl (C=O) groups is 1. The normalized spacial score (nSPS) is 23.3. The number of amides is 2. The molecule has 1 aliphatic rings. The fraction of sp³-hybridized carbons (Fsp3) is 0.462. The fourth-order valence-electron chi connectivity index (χ4n) is 2.17. The largest absolute Gasteiger partial charge is 0.388 e. The second kappa shape index (κ2) is 5.57. The van der Waals surface area contributed by atoms with Gasteiger partial charge in [-0.05, 0) is 38.0 Å². The molecule has 2 rings (SSSR count). The van der Waals surface area contributed by atoms with Gasteiger partial charge in [0.15, 0.2) is 0 Å². The first-order chi connectivity index (χ1) is 8.87. The second-order valence-electron chi connectivity index (χ2n) is 5.08. The van der Waals surface area contributed by atoms with Crippen LogP contribution in [-0.2, 0) is 0 Å². The van der Waals surface area contributed by atoms with E-state index in [1.807, 2.05) is 0 Å². The van der Waals surface area contributed by atoms with Crippen LogP contribution in [0.1, 0.15) is 19.8 Å². The number of likely N-dealkylation sites (tertiary alicyclic amines) is 1. The first-order valence-electron chi connectivity index (χ1n) is 6.11. The lowest BCUT2D eigenvalue weighted by Gasteiger charge is -2.36. The lowest BCUT2D eigenvalue weighted by Crippen LogP contribution is -2.49. The number of carbonyl (C=O) groups excluding carboxylic acids is 1. The number of rotatable bonds is 1. The van der Waals surface area contributed by atoms with Crippen LogP contribution in [-0.4, -0.2) is 34.7 Å². The third kappa shape index (κ3) is 3.75. The van der Waals surface area contributed by atoms with Gasteiger partial charge in [0.05, 0.1) is 22.2 Å². The summed E-state index contributed by atoms with van der Waals surface area (Å²) < 4.78 is 0.